The zero-order valence-electron chi connectivity index (χ0n) is 11.4. The smallest absolute Gasteiger partial charge is 0.0531 e. The molecule has 18 heavy (non-hydrogen) atoms. The van der Waals surface area contributed by atoms with Gasteiger partial charge in [-0.05, 0) is 44.4 Å². The van der Waals surface area contributed by atoms with Crippen LogP contribution in [-0.4, -0.2) is 45.3 Å². The van der Waals surface area contributed by atoms with Gasteiger partial charge in [0, 0.05) is 30.5 Å². The van der Waals surface area contributed by atoms with Crippen molar-refractivity contribution < 1.29 is 4.74 Å². The third kappa shape index (κ3) is 3.79. The fraction of sp³-hybridized carbons (Fsp3) is 0.714. The summed E-state index contributed by atoms with van der Waals surface area (Å²) in [5.41, 5.74) is 0.339. The van der Waals surface area contributed by atoms with Gasteiger partial charge in [-0.25, -0.2) is 0 Å². The number of hydrogen-bond donors (Lipinski definition) is 1. The highest BCUT2D eigenvalue weighted by Crippen LogP contribution is 2.30. The van der Waals surface area contributed by atoms with E-state index in [1.54, 1.807) is 0 Å². The normalized spacial score (nSPS) is 19.3. The maximum Gasteiger partial charge on any atom is 0.0531 e. The Morgan fingerprint density at radius 1 is 1.44 bits per heavy atom. The molecule has 0 aliphatic carbocycles. The maximum atomic E-state index is 5.47. The summed E-state index contributed by atoms with van der Waals surface area (Å²) in [6, 6.07) is 4.34. The molecule has 0 bridgehead atoms. The van der Waals surface area contributed by atoms with E-state index in [0.717, 1.165) is 32.8 Å². The molecule has 102 valence electrons. The molecule has 1 aromatic heterocycles. The van der Waals surface area contributed by atoms with Crippen LogP contribution in [0.1, 0.15) is 17.7 Å². The topological polar surface area (TPSA) is 24.5 Å². The van der Waals surface area contributed by atoms with Crippen molar-refractivity contribution in [1.29, 1.82) is 0 Å². The molecule has 0 amide bonds. The van der Waals surface area contributed by atoms with E-state index >= 15 is 0 Å². The van der Waals surface area contributed by atoms with Gasteiger partial charge in [0.2, 0.25) is 0 Å². The summed E-state index contributed by atoms with van der Waals surface area (Å²) in [7, 11) is 4.04. The van der Waals surface area contributed by atoms with E-state index in [1.165, 1.54) is 17.7 Å². The summed E-state index contributed by atoms with van der Waals surface area (Å²) in [5.74, 6) is 0. The molecule has 1 N–H and O–H groups in total. The van der Waals surface area contributed by atoms with Gasteiger partial charge in [-0.3, -0.25) is 0 Å². The first-order valence-electron chi connectivity index (χ1n) is 6.65. The number of hydrogen-bond acceptors (Lipinski definition) is 4. The van der Waals surface area contributed by atoms with Crippen molar-refractivity contribution in [3.63, 3.8) is 0 Å². The molecule has 1 fully saturated rings. The number of nitrogens with zero attached hydrogens (tertiary/aromatic N) is 1. The lowest BCUT2D eigenvalue weighted by Crippen LogP contribution is -2.46. The fourth-order valence-electron chi connectivity index (χ4n) is 2.91. The molecule has 4 heteroatoms. The molecule has 1 aliphatic rings. The summed E-state index contributed by atoms with van der Waals surface area (Å²) in [4.78, 5) is 3.88. The van der Waals surface area contributed by atoms with Crippen LogP contribution in [0.2, 0.25) is 0 Å². The molecule has 0 radical (unpaired) electrons. The largest absolute Gasteiger partial charge is 0.384 e. The third-order valence-corrected chi connectivity index (χ3v) is 4.59. The molecule has 0 aromatic carbocycles. The van der Waals surface area contributed by atoms with Crippen LogP contribution in [-0.2, 0) is 11.3 Å². The summed E-state index contributed by atoms with van der Waals surface area (Å²) in [5, 5.41) is 5.60. The van der Waals surface area contributed by atoms with E-state index in [1.807, 2.05) is 18.4 Å². The molecule has 0 unspecified atom stereocenters. The second-order valence-electron chi connectivity index (χ2n) is 5.43. The van der Waals surface area contributed by atoms with Crippen LogP contribution in [0, 0.1) is 5.41 Å². The van der Waals surface area contributed by atoms with Gasteiger partial charge in [0.15, 0.2) is 0 Å². The summed E-state index contributed by atoms with van der Waals surface area (Å²) < 4.78 is 5.47. The molecule has 1 saturated heterocycles. The predicted molar refractivity (Wildman–Crippen MR) is 77.1 cm³/mol. The second kappa shape index (κ2) is 6.66. The van der Waals surface area contributed by atoms with Crippen LogP contribution >= 0.6 is 11.3 Å². The average Bonchev–Trinajstić information content (AvgIpc) is 2.83. The summed E-state index contributed by atoms with van der Waals surface area (Å²) in [6.45, 7) is 5.30. The number of rotatable bonds is 6. The van der Waals surface area contributed by atoms with Crippen LogP contribution in [0.25, 0.3) is 0 Å². The monoisotopic (exact) mass is 268 g/mol. The molecule has 1 aromatic rings. The predicted octanol–water partition coefficient (Wildman–Crippen LogP) is 2.20. The number of thiophene rings is 1. The molecule has 0 atom stereocenters. The van der Waals surface area contributed by atoms with Crippen LogP contribution in [0.4, 0.5) is 0 Å². The minimum atomic E-state index is 0.339. The molecule has 0 saturated carbocycles. The van der Waals surface area contributed by atoms with Gasteiger partial charge in [-0.2, -0.15) is 0 Å². The molecular formula is C14H24N2OS. The first kappa shape index (κ1) is 14.0. The Morgan fingerprint density at radius 3 is 2.83 bits per heavy atom. The first-order chi connectivity index (χ1) is 8.74. The van der Waals surface area contributed by atoms with Crippen LogP contribution in [0.5, 0.6) is 0 Å². The van der Waals surface area contributed by atoms with Crippen molar-refractivity contribution in [2.75, 3.05) is 40.4 Å². The SMILES string of the molecule is COCC1(CN(C)Cc2cccs2)CCNCC1. The fourth-order valence-corrected chi connectivity index (χ4v) is 3.69. The molecule has 3 nitrogen and oxygen atoms in total. The van der Waals surface area contributed by atoms with Crippen molar-refractivity contribution >= 4 is 11.3 Å². The Morgan fingerprint density at radius 2 is 2.22 bits per heavy atom. The zero-order chi connectivity index (χ0) is 12.8. The molecule has 2 heterocycles. The molecule has 0 spiro atoms. The zero-order valence-corrected chi connectivity index (χ0v) is 12.3. The lowest BCUT2D eigenvalue weighted by molar-refractivity contribution is 0.0271. The highest BCUT2D eigenvalue weighted by atomic mass is 32.1. The van der Waals surface area contributed by atoms with Crippen LogP contribution in [0.3, 0.4) is 0 Å². The Bertz CT molecular complexity index is 328. The number of methoxy groups -OCH3 is 1. The van der Waals surface area contributed by atoms with E-state index in [-0.39, 0.29) is 0 Å². The first-order valence-corrected chi connectivity index (χ1v) is 7.53. The van der Waals surface area contributed by atoms with Gasteiger partial charge in [0.25, 0.3) is 0 Å². The minimum Gasteiger partial charge on any atom is -0.384 e. The summed E-state index contributed by atoms with van der Waals surface area (Å²) in [6.07, 6.45) is 2.44. The van der Waals surface area contributed by atoms with Crippen molar-refractivity contribution in [3.05, 3.63) is 22.4 Å². The van der Waals surface area contributed by atoms with Crippen LogP contribution in [0.15, 0.2) is 17.5 Å². The lowest BCUT2D eigenvalue weighted by Gasteiger charge is -2.39. The Labute approximate surface area is 114 Å². The Hall–Kier alpha value is -0.420. The minimum absolute atomic E-state index is 0.339. The van der Waals surface area contributed by atoms with Gasteiger partial charge in [0.1, 0.15) is 0 Å². The molecular weight excluding hydrogens is 244 g/mol. The highest BCUT2D eigenvalue weighted by Gasteiger charge is 2.33. The van der Waals surface area contributed by atoms with Crippen molar-refractivity contribution in [2.24, 2.45) is 5.41 Å². The third-order valence-electron chi connectivity index (χ3n) is 3.73. The van der Waals surface area contributed by atoms with E-state index < -0.39 is 0 Å². The standard InChI is InChI=1S/C14H24N2OS/c1-16(10-13-4-3-9-18-13)11-14(12-17-2)5-7-15-8-6-14/h3-4,9,15H,5-8,10-12H2,1-2H3. The highest BCUT2D eigenvalue weighted by molar-refractivity contribution is 7.09. The van der Waals surface area contributed by atoms with Crippen molar-refractivity contribution in [3.8, 4) is 0 Å². The van der Waals surface area contributed by atoms with Gasteiger partial charge in [-0.1, -0.05) is 6.07 Å². The number of nitrogens with one attached hydrogen (secondary N) is 1. The van der Waals surface area contributed by atoms with Gasteiger partial charge >= 0.3 is 0 Å². The van der Waals surface area contributed by atoms with Crippen molar-refractivity contribution in [1.82, 2.24) is 10.2 Å². The molecule has 2 rings (SSSR count). The van der Waals surface area contributed by atoms with Gasteiger partial charge in [-0.15, -0.1) is 11.3 Å². The Kier molecular flexibility index (Phi) is 5.18. The van der Waals surface area contributed by atoms with Gasteiger partial charge in [0.05, 0.1) is 6.61 Å². The number of ether oxygens (including phenoxy) is 1. The lowest BCUT2D eigenvalue weighted by atomic mass is 9.79. The van der Waals surface area contributed by atoms with Crippen LogP contribution < -0.4 is 5.32 Å². The quantitative estimate of drug-likeness (QED) is 0.856. The second-order valence-corrected chi connectivity index (χ2v) is 6.47. The number of piperidine rings is 1. The summed E-state index contributed by atoms with van der Waals surface area (Å²) >= 11 is 1.84. The van der Waals surface area contributed by atoms with E-state index in [9.17, 15) is 0 Å². The Balaban J connectivity index is 1.91. The maximum absolute atomic E-state index is 5.47. The average molecular weight is 268 g/mol. The van der Waals surface area contributed by atoms with E-state index in [4.69, 9.17) is 4.74 Å². The van der Waals surface area contributed by atoms with Crippen molar-refractivity contribution in [2.45, 2.75) is 19.4 Å². The van der Waals surface area contributed by atoms with E-state index in [2.05, 4.69) is 34.8 Å². The van der Waals surface area contributed by atoms with E-state index in [0.29, 0.717) is 5.41 Å². The van der Waals surface area contributed by atoms with Gasteiger partial charge < -0.3 is 15.0 Å². The molecule has 1 aliphatic heterocycles.